The molecular weight excluding hydrogens is 746 g/mol. The summed E-state index contributed by atoms with van der Waals surface area (Å²) in [4.78, 5) is 7.80. The fraction of sp³-hybridized carbons (Fsp3) is 0.605. The van der Waals surface area contributed by atoms with Gasteiger partial charge in [-0.15, -0.1) is 0 Å². The Hall–Kier alpha value is -3.69. The van der Waals surface area contributed by atoms with Gasteiger partial charge in [-0.3, -0.25) is 4.90 Å². The number of rotatable bonds is 11. The molecule has 14 heteroatoms. The van der Waals surface area contributed by atoms with Crippen LogP contribution in [0.1, 0.15) is 68.2 Å². The van der Waals surface area contributed by atoms with Crippen molar-refractivity contribution in [2.75, 3.05) is 57.4 Å². The van der Waals surface area contributed by atoms with Crippen LogP contribution in [-0.4, -0.2) is 108 Å². The number of anilines is 1. The predicted octanol–water partition coefficient (Wildman–Crippen LogP) is 5.99. The van der Waals surface area contributed by atoms with E-state index >= 15 is 4.39 Å². The molecule has 0 unspecified atom stereocenters. The van der Waals surface area contributed by atoms with Gasteiger partial charge in [0.2, 0.25) is 5.88 Å². The van der Waals surface area contributed by atoms with Crippen molar-refractivity contribution in [2.45, 2.75) is 94.5 Å². The van der Waals surface area contributed by atoms with Crippen LogP contribution in [-0.2, 0) is 17.3 Å². The van der Waals surface area contributed by atoms with Crippen molar-refractivity contribution in [1.29, 1.82) is 0 Å². The first kappa shape index (κ1) is 40.1. The van der Waals surface area contributed by atoms with Gasteiger partial charge in [0.15, 0.2) is 6.10 Å². The number of ether oxygens (including phenoxy) is 4. The standard InChI is InChI=1S/C43H53F4N3O7/c1-42-15-14-30-29-10-7-27(22-26(29)6-9-31(30)32(42)11-13-38(42)51)54-21-3-16-49-17-19-50(20-18-49)34-12-8-28(23-33(34)44)55-24-35-40(52)41(53)36(25-56-35)57-39-5-2-4-37(48-39)43(45,46)47/h2,4-5,7-8,10,12,22-23,30-32,35-36,38,40-41,51-53H,3,6,9,11,13-21,24-25H2,1H3/t30-,31-,32+,35-,36+,38+,40+,41-,42+/m1/s1. The molecule has 0 bridgehead atoms. The second-order valence-electron chi connectivity index (χ2n) is 16.7. The van der Waals surface area contributed by atoms with Crippen LogP contribution in [0.4, 0.5) is 23.2 Å². The Morgan fingerprint density at radius 2 is 1.70 bits per heavy atom. The minimum Gasteiger partial charge on any atom is -0.494 e. The zero-order valence-electron chi connectivity index (χ0n) is 32.2. The van der Waals surface area contributed by atoms with Crippen molar-refractivity contribution in [3.8, 4) is 17.4 Å². The van der Waals surface area contributed by atoms with Crippen LogP contribution in [0.15, 0.2) is 54.6 Å². The summed E-state index contributed by atoms with van der Waals surface area (Å²) in [5.74, 6) is 2.26. The lowest BCUT2D eigenvalue weighted by Gasteiger charge is -2.50. The number of piperazine rings is 1. The Kier molecular flexibility index (Phi) is 11.6. The molecule has 2 aliphatic heterocycles. The maximum Gasteiger partial charge on any atom is 0.433 e. The van der Waals surface area contributed by atoms with Gasteiger partial charge >= 0.3 is 6.18 Å². The number of halogens is 4. The summed E-state index contributed by atoms with van der Waals surface area (Å²) < 4.78 is 77.3. The van der Waals surface area contributed by atoms with E-state index in [-0.39, 0.29) is 36.4 Å². The third-order valence-electron chi connectivity index (χ3n) is 13.5. The lowest BCUT2D eigenvalue weighted by atomic mass is 9.55. The Balaban J connectivity index is 0.747. The van der Waals surface area contributed by atoms with E-state index in [1.165, 1.54) is 29.7 Å². The summed E-state index contributed by atoms with van der Waals surface area (Å²) in [7, 11) is 0. The number of hydrogen-bond acceptors (Lipinski definition) is 10. The number of alkyl halides is 3. The van der Waals surface area contributed by atoms with E-state index in [2.05, 4.69) is 35.0 Å². The minimum atomic E-state index is -4.66. The predicted molar refractivity (Wildman–Crippen MR) is 203 cm³/mol. The zero-order valence-corrected chi connectivity index (χ0v) is 32.2. The van der Waals surface area contributed by atoms with E-state index in [9.17, 15) is 28.5 Å². The molecule has 3 aromatic rings. The smallest absolute Gasteiger partial charge is 0.433 e. The number of fused-ring (bicyclic) bond motifs is 5. The summed E-state index contributed by atoms with van der Waals surface area (Å²) >= 11 is 0. The Bertz CT molecular complexity index is 1860. The Labute approximate surface area is 330 Å². The quantitative estimate of drug-likeness (QED) is 0.158. The molecule has 5 aliphatic rings. The van der Waals surface area contributed by atoms with E-state index in [0.29, 0.717) is 43.1 Å². The van der Waals surface area contributed by atoms with E-state index in [1.54, 1.807) is 12.1 Å². The Morgan fingerprint density at radius 1 is 0.912 bits per heavy atom. The van der Waals surface area contributed by atoms with Crippen LogP contribution >= 0.6 is 0 Å². The number of aliphatic hydroxyl groups is 3. The van der Waals surface area contributed by atoms with Gasteiger partial charge in [0.1, 0.15) is 47.9 Å². The SMILES string of the molecule is C[C@]12CC[C@@H]3c4ccc(OCCCN5CCN(c6ccc(OC[C@H]7OC[C@H](Oc8cccc(C(F)(F)F)n8)[C@@H](O)[C@H]7O)cc6F)CC5)cc4CC[C@H]3[C@@H]1CC[C@@H]2O. The summed E-state index contributed by atoms with van der Waals surface area (Å²) in [6.07, 6.45) is -2.38. The molecule has 8 rings (SSSR count). The second-order valence-corrected chi connectivity index (χ2v) is 16.7. The van der Waals surface area contributed by atoms with Gasteiger partial charge in [-0.2, -0.15) is 13.2 Å². The fourth-order valence-corrected chi connectivity index (χ4v) is 10.2. The number of benzene rings is 2. The van der Waals surface area contributed by atoms with Gasteiger partial charge < -0.3 is 39.2 Å². The normalized spacial score (nSPS) is 31.6. The maximum atomic E-state index is 15.3. The lowest BCUT2D eigenvalue weighted by Crippen LogP contribution is -2.56. The van der Waals surface area contributed by atoms with Gasteiger partial charge in [-0.05, 0) is 110 Å². The number of pyridine rings is 1. The van der Waals surface area contributed by atoms with Crippen molar-refractivity contribution in [3.63, 3.8) is 0 Å². The molecule has 1 aromatic heterocycles. The molecule has 2 saturated heterocycles. The van der Waals surface area contributed by atoms with Crippen LogP contribution in [0.3, 0.4) is 0 Å². The van der Waals surface area contributed by atoms with Crippen molar-refractivity contribution >= 4 is 5.69 Å². The first-order valence-corrected chi connectivity index (χ1v) is 20.4. The summed E-state index contributed by atoms with van der Waals surface area (Å²) in [5.41, 5.74) is 2.34. The van der Waals surface area contributed by atoms with Crippen molar-refractivity contribution in [1.82, 2.24) is 9.88 Å². The van der Waals surface area contributed by atoms with Gasteiger partial charge in [-0.1, -0.05) is 19.1 Å². The van der Waals surface area contributed by atoms with Crippen LogP contribution in [0.5, 0.6) is 17.4 Å². The molecular formula is C43H53F4N3O7. The molecule has 57 heavy (non-hydrogen) atoms. The second kappa shape index (κ2) is 16.5. The Morgan fingerprint density at radius 3 is 2.49 bits per heavy atom. The summed E-state index contributed by atoms with van der Waals surface area (Å²) in [6.45, 7) is 6.34. The van der Waals surface area contributed by atoms with Crippen LogP contribution in [0.25, 0.3) is 0 Å². The molecule has 0 radical (unpaired) electrons. The third kappa shape index (κ3) is 8.43. The number of hydrogen-bond donors (Lipinski definition) is 3. The number of aliphatic hydroxyl groups excluding tert-OH is 3. The number of aromatic nitrogens is 1. The summed E-state index contributed by atoms with van der Waals surface area (Å²) in [5, 5.41) is 31.9. The molecule has 0 amide bonds. The van der Waals surface area contributed by atoms with E-state index in [4.69, 9.17) is 18.9 Å². The molecule has 2 saturated carbocycles. The third-order valence-corrected chi connectivity index (χ3v) is 13.5. The molecule has 9 atom stereocenters. The highest BCUT2D eigenvalue weighted by molar-refractivity contribution is 5.51. The zero-order chi connectivity index (χ0) is 39.9. The maximum absolute atomic E-state index is 15.3. The molecule has 4 fully saturated rings. The lowest BCUT2D eigenvalue weighted by molar-refractivity contribution is -0.187. The van der Waals surface area contributed by atoms with Crippen LogP contribution < -0.4 is 19.1 Å². The minimum absolute atomic E-state index is 0.0922. The first-order valence-electron chi connectivity index (χ1n) is 20.4. The molecule has 2 aromatic carbocycles. The largest absolute Gasteiger partial charge is 0.494 e. The fourth-order valence-electron chi connectivity index (χ4n) is 10.2. The molecule has 3 aliphatic carbocycles. The monoisotopic (exact) mass is 799 g/mol. The van der Waals surface area contributed by atoms with Gasteiger partial charge in [0, 0.05) is 44.9 Å². The topological polar surface area (TPSA) is 117 Å². The van der Waals surface area contributed by atoms with Gasteiger partial charge in [-0.25, -0.2) is 9.37 Å². The highest BCUT2D eigenvalue weighted by Crippen LogP contribution is 2.61. The summed E-state index contributed by atoms with van der Waals surface area (Å²) in [6, 6.07) is 14.4. The average molecular weight is 800 g/mol. The molecule has 310 valence electrons. The number of aryl methyl sites for hydroxylation is 1. The molecule has 0 spiro atoms. The van der Waals surface area contributed by atoms with Crippen molar-refractivity contribution in [2.24, 2.45) is 17.3 Å². The highest BCUT2D eigenvalue weighted by atomic mass is 19.4. The van der Waals surface area contributed by atoms with E-state index < -0.39 is 42.1 Å². The van der Waals surface area contributed by atoms with E-state index in [0.717, 1.165) is 76.0 Å². The van der Waals surface area contributed by atoms with Crippen LogP contribution in [0, 0.1) is 23.1 Å². The van der Waals surface area contributed by atoms with Crippen molar-refractivity contribution < 1.29 is 51.8 Å². The molecule has 3 heterocycles. The molecule has 3 N–H and O–H groups in total. The average Bonchev–Trinajstić information content (AvgIpc) is 3.51. The first-order chi connectivity index (χ1) is 27.4. The van der Waals surface area contributed by atoms with Gasteiger partial charge in [0.05, 0.1) is 25.0 Å². The van der Waals surface area contributed by atoms with Crippen LogP contribution in [0.2, 0.25) is 0 Å². The van der Waals surface area contributed by atoms with E-state index in [1.807, 2.05) is 4.90 Å². The molecule has 10 nitrogen and oxygen atoms in total. The number of nitrogens with zero attached hydrogens (tertiary/aromatic N) is 3. The highest BCUT2D eigenvalue weighted by Gasteiger charge is 2.54. The van der Waals surface area contributed by atoms with Crippen molar-refractivity contribution in [3.05, 3.63) is 77.2 Å². The van der Waals surface area contributed by atoms with Gasteiger partial charge in [0.25, 0.3) is 0 Å².